The summed E-state index contributed by atoms with van der Waals surface area (Å²) >= 11 is 0. The van der Waals surface area contributed by atoms with Crippen molar-refractivity contribution in [1.82, 2.24) is 15.0 Å². The summed E-state index contributed by atoms with van der Waals surface area (Å²) in [6.07, 6.45) is 0. The normalized spacial score (nSPS) is 11.5. The van der Waals surface area contributed by atoms with Gasteiger partial charge in [-0.25, -0.2) is 15.0 Å². The molecule has 0 aliphatic carbocycles. The van der Waals surface area contributed by atoms with Gasteiger partial charge in [0, 0.05) is 27.5 Å². The summed E-state index contributed by atoms with van der Waals surface area (Å²) in [5.41, 5.74) is 11.4. The van der Waals surface area contributed by atoms with E-state index in [0.717, 1.165) is 60.5 Å². The van der Waals surface area contributed by atoms with Crippen molar-refractivity contribution in [3.05, 3.63) is 200 Å². The average molecular weight is 728 g/mol. The van der Waals surface area contributed by atoms with Gasteiger partial charge >= 0.3 is 0 Å². The molecule has 0 bridgehead atoms. The molecule has 0 spiro atoms. The van der Waals surface area contributed by atoms with Gasteiger partial charge in [0.2, 0.25) is 0 Å². The maximum atomic E-state index is 6.58. The lowest BCUT2D eigenvalue weighted by Gasteiger charge is -2.11. The van der Waals surface area contributed by atoms with E-state index < -0.39 is 0 Å². The van der Waals surface area contributed by atoms with Crippen LogP contribution >= 0.6 is 0 Å². The standard InChI is InChI=1S/C53H33N3O/c1-3-12-34(13-4-1)39-28-30-44-40(32-39)18-10-22-46(44)53-55-51(38-15-5-2-6-16-38)54-52(56-53)41-29-31-47-49(33-41)57-48-23-11-21-45(50(47)48)37-26-24-36(25-27-37)43-20-9-17-35-14-7-8-19-42(35)43/h1-33H. The van der Waals surface area contributed by atoms with Crippen LogP contribution < -0.4 is 0 Å². The molecule has 11 rings (SSSR count). The van der Waals surface area contributed by atoms with E-state index in [4.69, 9.17) is 19.4 Å². The van der Waals surface area contributed by atoms with Crippen LogP contribution in [0.4, 0.5) is 0 Å². The van der Waals surface area contributed by atoms with Crippen LogP contribution in [0.2, 0.25) is 0 Å². The summed E-state index contributed by atoms with van der Waals surface area (Å²) < 4.78 is 6.58. The molecule has 0 unspecified atom stereocenters. The van der Waals surface area contributed by atoms with E-state index in [9.17, 15) is 0 Å². The second-order valence-corrected chi connectivity index (χ2v) is 14.4. The van der Waals surface area contributed by atoms with Gasteiger partial charge in [0.25, 0.3) is 0 Å². The number of aromatic nitrogens is 3. The summed E-state index contributed by atoms with van der Waals surface area (Å²) in [4.78, 5) is 15.3. The maximum Gasteiger partial charge on any atom is 0.164 e. The van der Waals surface area contributed by atoms with E-state index in [1.165, 1.54) is 33.0 Å². The SMILES string of the molecule is c1ccc(-c2ccc3c(-c4nc(-c5ccccc5)nc(-c5ccc6c(c5)oc5cccc(-c7ccc(-c8cccc9ccccc89)cc7)c56)n4)cccc3c2)cc1. The predicted molar refractivity (Wildman–Crippen MR) is 235 cm³/mol. The minimum absolute atomic E-state index is 0.586. The quantitative estimate of drug-likeness (QED) is 0.171. The zero-order valence-electron chi connectivity index (χ0n) is 30.8. The number of fused-ring (bicyclic) bond motifs is 5. The second kappa shape index (κ2) is 13.6. The third-order valence-corrected chi connectivity index (χ3v) is 10.9. The Morgan fingerprint density at radius 1 is 0.281 bits per heavy atom. The van der Waals surface area contributed by atoms with Gasteiger partial charge in [0.1, 0.15) is 11.2 Å². The van der Waals surface area contributed by atoms with Crippen LogP contribution in [0, 0.1) is 0 Å². The average Bonchev–Trinajstić information content (AvgIpc) is 3.67. The number of rotatable bonds is 6. The summed E-state index contributed by atoms with van der Waals surface area (Å²) in [6, 6.07) is 69.9. The lowest BCUT2D eigenvalue weighted by molar-refractivity contribution is 0.669. The molecule has 57 heavy (non-hydrogen) atoms. The topological polar surface area (TPSA) is 51.8 Å². The molecule has 0 aliphatic heterocycles. The molecule has 4 nitrogen and oxygen atoms in total. The highest BCUT2D eigenvalue weighted by Crippen LogP contribution is 2.40. The molecular weight excluding hydrogens is 695 g/mol. The summed E-state index contributed by atoms with van der Waals surface area (Å²) in [5, 5.41) is 6.83. The lowest BCUT2D eigenvalue weighted by Crippen LogP contribution is -2.00. The van der Waals surface area contributed by atoms with Gasteiger partial charge in [0.15, 0.2) is 17.5 Å². The fourth-order valence-corrected chi connectivity index (χ4v) is 8.14. The molecule has 0 saturated heterocycles. The van der Waals surface area contributed by atoms with Crippen molar-refractivity contribution >= 4 is 43.5 Å². The molecule has 0 fully saturated rings. The number of hydrogen-bond donors (Lipinski definition) is 0. The Morgan fingerprint density at radius 2 is 0.825 bits per heavy atom. The van der Waals surface area contributed by atoms with Gasteiger partial charge in [-0.1, -0.05) is 176 Å². The van der Waals surface area contributed by atoms with E-state index >= 15 is 0 Å². The molecule has 0 saturated carbocycles. The Hall–Kier alpha value is -7.69. The lowest BCUT2D eigenvalue weighted by atomic mass is 9.94. The Morgan fingerprint density at radius 3 is 1.63 bits per heavy atom. The smallest absolute Gasteiger partial charge is 0.164 e. The monoisotopic (exact) mass is 727 g/mol. The Balaban J connectivity index is 1.01. The zero-order valence-corrected chi connectivity index (χ0v) is 30.8. The van der Waals surface area contributed by atoms with Crippen LogP contribution in [0.25, 0.3) is 111 Å². The van der Waals surface area contributed by atoms with Crippen LogP contribution in [0.1, 0.15) is 0 Å². The van der Waals surface area contributed by atoms with Gasteiger partial charge in [-0.3, -0.25) is 0 Å². The third kappa shape index (κ3) is 5.83. The highest BCUT2D eigenvalue weighted by molar-refractivity contribution is 6.13. The van der Waals surface area contributed by atoms with Crippen molar-refractivity contribution in [3.63, 3.8) is 0 Å². The molecule has 0 amide bonds. The third-order valence-electron chi connectivity index (χ3n) is 10.9. The van der Waals surface area contributed by atoms with Gasteiger partial charge in [-0.2, -0.15) is 0 Å². The van der Waals surface area contributed by atoms with Crippen LogP contribution in [-0.4, -0.2) is 15.0 Å². The van der Waals surface area contributed by atoms with Crippen molar-refractivity contribution in [2.24, 2.45) is 0 Å². The van der Waals surface area contributed by atoms with Gasteiger partial charge in [-0.15, -0.1) is 0 Å². The first-order chi connectivity index (χ1) is 28.2. The predicted octanol–water partition coefficient (Wildman–Crippen LogP) is 14.1. The first kappa shape index (κ1) is 32.7. The summed E-state index contributed by atoms with van der Waals surface area (Å²) in [7, 11) is 0. The molecule has 2 aromatic heterocycles. The summed E-state index contributed by atoms with van der Waals surface area (Å²) in [6.45, 7) is 0. The fraction of sp³-hybridized carbons (Fsp3) is 0. The second-order valence-electron chi connectivity index (χ2n) is 14.4. The minimum atomic E-state index is 0.586. The van der Waals surface area contributed by atoms with Crippen LogP contribution in [-0.2, 0) is 0 Å². The highest BCUT2D eigenvalue weighted by atomic mass is 16.3. The number of furan rings is 1. The number of nitrogens with zero attached hydrogens (tertiary/aromatic N) is 3. The van der Waals surface area contributed by atoms with Crippen molar-refractivity contribution < 1.29 is 4.42 Å². The van der Waals surface area contributed by atoms with E-state index in [1.54, 1.807) is 0 Å². The van der Waals surface area contributed by atoms with Crippen molar-refractivity contribution in [2.75, 3.05) is 0 Å². The molecule has 4 heteroatoms. The zero-order chi connectivity index (χ0) is 37.7. The Kier molecular flexibility index (Phi) is 7.78. The van der Waals surface area contributed by atoms with Crippen LogP contribution in [0.5, 0.6) is 0 Å². The maximum absolute atomic E-state index is 6.58. The molecular formula is C53H33N3O. The number of hydrogen-bond acceptors (Lipinski definition) is 4. The van der Waals surface area contributed by atoms with Crippen LogP contribution in [0.3, 0.4) is 0 Å². The van der Waals surface area contributed by atoms with E-state index in [0.29, 0.717) is 17.5 Å². The van der Waals surface area contributed by atoms with Crippen molar-refractivity contribution in [1.29, 1.82) is 0 Å². The van der Waals surface area contributed by atoms with Gasteiger partial charge in [-0.05, 0) is 79.2 Å². The van der Waals surface area contributed by atoms with Gasteiger partial charge in [0.05, 0.1) is 0 Å². The molecule has 0 radical (unpaired) electrons. The largest absolute Gasteiger partial charge is 0.456 e. The van der Waals surface area contributed by atoms with Gasteiger partial charge < -0.3 is 4.42 Å². The van der Waals surface area contributed by atoms with E-state index in [1.807, 2.05) is 42.5 Å². The molecule has 0 N–H and O–H groups in total. The molecule has 9 aromatic carbocycles. The molecule has 2 heterocycles. The summed E-state index contributed by atoms with van der Waals surface area (Å²) in [5.74, 6) is 1.83. The number of benzene rings is 9. The Bertz CT molecular complexity index is 3270. The van der Waals surface area contributed by atoms with Crippen molar-refractivity contribution in [3.8, 4) is 67.5 Å². The van der Waals surface area contributed by atoms with E-state index in [2.05, 4.69) is 158 Å². The van der Waals surface area contributed by atoms with Crippen molar-refractivity contribution in [2.45, 2.75) is 0 Å². The fourth-order valence-electron chi connectivity index (χ4n) is 8.14. The molecule has 11 aromatic rings. The Labute approximate surface area is 329 Å². The first-order valence-corrected chi connectivity index (χ1v) is 19.2. The first-order valence-electron chi connectivity index (χ1n) is 19.2. The van der Waals surface area contributed by atoms with E-state index in [-0.39, 0.29) is 0 Å². The molecule has 0 atom stereocenters. The highest BCUT2D eigenvalue weighted by Gasteiger charge is 2.18. The molecule has 266 valence electrons. The molecule has 0 aliphatic rings. The van der Waals surface area contributed by atoms with Crippen LogP contribution in [0.15, 0.2) is 205 Å². The minimum Gasteiger partial charge on any atom is -0.456 e.